The van der Waals surface area contributed by atoms with Crippen LogP contribution in [-0.4, -0.2) is 45.3 Å². The van der Waals surface area contributed by atoms with Crippen LogP contribution in [0.15, 0.2) is 12.7 Å². The lowest BCUT2D eigenvalue weighted by Gasteiger charge is -2.14. The molecule has 1 aliphatic heterocycles. The number of esters is 1. The summed E-state index contributed by atoms with van der Waals surface area (Å²) in [6, 6.07) is 0. The van der Waals surface area contributed by atoms with Crippen LogP contribution in [0.5, 0.6) is 0 Å². The average molecular weight is 216 g/mol. The minimum absolute atomic E-state index is 0.188. The topological polar surface area (TPSA) is 54.0 Å². The zero-order valence-corrected chi connectivity index (χ0v) is 8.97. The Morgan fingerprint density at radius 1 is 1.53 bits per heavy atom. The SMILES string of the molecule is C=CCOC(=O)[C@@H]1C[C@H](OC)[C@H](OC)O1. The van der Waals surface area contributed by atoms with Crippen molar-refractivity contribution in [3.05, 3.63) is 12.7 Å². The van der Waals surface area contributed by atoms with Crippen molar-refractivity contribution < 1.29 is 23.7 Å². The second-order valence-corrected chi connectivity index (χ2v) is 3.16. The van der Waals surface area contributed by atoms with E-state index in [2.05, 4.69) is 6.58 Å². The summed E-state index contributed by atoms with van der Waals surface area (Å²) >= 11 is 0. The van der Waals surface area contributed by atoms with E-state index in [1.54, 1.807) is 7.11 Å². The number of hydrogen-bond acceptors (Lipinski definition) is 5. The number of carbonyl (C=O) groups is 1. The fourth-order valence-corrected chi connectivity index (χ4v) is 1.43. The standard InChI is InChI=1S/C10H16O5/c1-4-5-14-9(11)7-6-8(12-2)10(13-3)15-7/h4,7-8,10H,1,5-6H2,2-3H3/t7-,8-,10+/m0/s1. The van der Waals surface area contributed by atoms with Gasteiger partial charge in [0.2, 0.25) is 0 Å². The van der Waals surface area contributed by atoms with Crippen molar-refractivity contribution in [1.29, 1.82) is 0 Å². The van der Waals surface area contributed by atoms with Crippen LogP contribution < -0.4 is 0 Å². The Balaban J connectivity index is 2.45. The van der Waals surface area contributed by atoms with Gasteiger partial charge in [0.15, 0.2) is 12.4 Å². The van der Waals surface area contributed by atoms with Crippen molar-refractivity contribution in [2.24, 2.45) is 0 Å². The summed E-state index contributed by atoms with van der Waals surface area (Å²) in [6.45, 7) is 3.64. The van der Waals surface area contributed by atoms with Crippen LogP contribution in [0.3, 0.4) is 0 Å². The maximum Gasteiger partial charge on any atom is 0.335 e. The van der Waals surface area contributed by atoms with E-state index in [0.717, 1.165) is 0 Å². The molecule has 0 aliphatic carbocycles. The van der Waals surface area contributed by atoms with Gasteiger partial charge in [-0.25, -0.2) is 4.79 Å². The lowest BCUT2D eigenvalue weighted by atomic mass is 10.2. The molecule has 5 heteroatoms. The van der Waals surface area contributed by atoms with Crippen molar-refractivity contribution in [2.45, 2.75) is 24.9 Å². The molecule has 0 aromatic heterocycles. The number of ether oxygens (including phenoxy) is 4. The molecule has 5 nitrogen and oxygen atoms in total. The highest BCUT2D eigenvalue weighted by Crippen LogP contribution is 2.24. The highest BCUT2D eigenvalue weighted by atomic mass is 16.7. The molecule has 0 amide bonds. The molecule has 1 saturated heterocycles. The minimum Gasteiger partial charge on any atom is -0.460 e. The fraction of sp³-hybridized carbons (Fsp3) is 0.700. The third-order valence-electron chi connectivity index (χ3n) is 2.19. The molecule has 0 N–H and O–H groups in total. The molecule has 86 valence electrons. The first kappa shape index (κ1) is 12.2. The molecule has 1 aliphatic rings. The van der Waals surface area contributed by atoms with Gasteiger partial charge in [0.1, 0.15) is 12.7 Å². The highest BCUT2D eigenvalue weighted by Gasteiger charge is 2.40. The van der Waals surface area contributed by atoms with E-state index in [9.17, 15) is 4.79 Å². The summed E-state index contributed by atoms with van der Waals surface area (Å²) in [5, 5.41) is 0. The van der Waals surface area contributed by atoms with Gasteiger partial charge < -0.3 is 18.9 Å². The normalized spacial score (nSPS) is 30.1. The molecular weight excluding hydrogens is 200 g/mol. The molecule has 0 saturated carbocycles. The summed E-state index contributed by atoms with van der Waals surface area (Å²) in [5.74, 6) is -0.406. The van der Waals surface area contributed by atoms with E-state index < -0.39 is 18.4 Å². The zero-order chi connectivity index (χ0) is 11.3. The van der Waals surface area contributed by atoms with Crippen molar-refractivity contribution in [3.8, 4) is 0 Å². The summed E-state index contributed by atoms with van der Waals surface area (Å²) in [7, 11) is 3.06. The predicted octanol–water partition coefficient (Wildman–Crippen LogP) is 0.492. The summed E-state index contributed by atoms with van der Waals surface area (Å²) < 4.78 is 20.3. The third kappa shape index (κ3) is 3.02. The first-order chi connectivity index (χ1) is 7.22. The van der Waals surface area contributed by atoms with Crippen molar-refractivity contribution in [2.75, 3.05) is 20.8 Å². The van der Waals surface area contributed by atoms with E-state index >= 15 is 0 Å². The van der Waals surface area contributed by atoms with Gasteiger partial charge in [-0.1, -0.05) is 12.7 Å². The van der Waals surface area contributed by atoms with E-state index in [-0.39, 0.29) is 12.7 Å². The zero-order valence-electron chi connectivity index (χ0n) is 8.97. The van der Waals surface area contributed by atoms with Gasteiger partial charge >= 0.3 is 5.97 Å². The molecule has 1 fully saturated rings. The molecule has 0 radical (unpaired) electrons. The van der Waals surface area contributed by atoms with E-state index in [4.69, 9.17) is 18.9 Å². The van der Waals surface area contributed by atoms with Crippen LogP contribution >= 0.6 is 0 Å². The molecule has 3 atom stereocenters. The van der Waals surface area contributed by atoms with E-state index in [1.807, 2.05) is 0 Å². The lowest BCUT2D eigenvalue weighted by Crippen LogP contribution is -2.25. The number of hydrogen-bond donors (Lipinski definition) is 0. The smallest absolute Gasteiger partial charge is 0.335 e. The highest BCUT2D eigenvalue weighted by molar-refractivity contribution is 5.75. The molecule has 0 unspecified atom stereocenters. The van der Waals surface area contributed by atoms with Gasteiger partial charge in [-0.05, 0) is 0 Å². The van der Waals surface area contributed by atoms with Crippen LogP contribution in [0.4, 0.5) is 0 Å². The maximum absolute atomic E-state index is 11.4. The van der Waals surface area contributed by atoms with Crippen LogP contribution in [0.2, 0.25) is 0 Å². The van der Waals surface area contributed by atoms with Crippen LogP contribution in [0.1, 0.15) is 6.42 Å². The molecular formula is C10H16O5. The minimum atomic E-state index is -0.611. The molecule has 1 rings (SSSR count). The molecule has 15 heavy (non-hydrogen) atoms. The van der Waals surface area contributed by atoms with Gasteiger partial charge in [-0.2, -0.15) is 0 Å². The number of rotatable bonds is 5. The third-order valence-corrected chi connectivity index (χ3v) is 2.19. The largest absolute Gasteiger partial charge is 0.460 e. The number of carbonyl (C=O) groups excluding carboxylic acids is 1. The van der Waals surface area contributed by atoms with Crippen molar-refractivity contribution in [1.82, 2.24) is 0 Å². The quantitative estimate of drug-likeness (QED) is 0.494. The van der Waals surface area contributed by atoms with Crippen LogP contribution in [0.25, 0.3) is 0 Å². The van der Waals surface area contributed by atoms with Gasteiger partial charge in [-0.3, -0.25) is 0 Å². The van der Waals surface area contributed by atoms with Gasteiger partial charge in [0.05, 0.1) is 0 Å². The first-order valence-electron chi connectivity index (χ1n) is 4.71. The van der Waals surface area contributed by atoms with E-state index in [0.29, 0.717) is 6.42 Å². The van der Waals surface area contributed by atoms with E-state index in [1.165, 1.54) is 13.2 Å². The molecule has 0 aromatic carbocycles. The Hall–Kier alpha value is -0.910. The Kier molecular flexibility index (Phi) is 4.74. The molecule has 1 heterocycles. The average Bonchev–Trinajstić information content (AvgIpc) is 2.68. The second-order valence-electron chi connectivity index (χ2n) is 3.16. The second kappa shape index (κ2) is 5.85. The Morgan fingerprint density at radius 2 is 2.27 bits per heavy atom. The maximum atomic E-state index is 11.4. The van der Waals surface area contributed by atoms with Gasteiger partial charge in [0.25, 0.3) is 0 Å². The summed E-state index contributed by atoms with van der Waals surface area (Å²) in [4.78, 5) is 11.4. The molecule has 0 spiro atoms. The predicted molar refractivity (Wildman–Crippen MR) is 52.2 cm³/mol. The Bertz CT molecular complexity index is 216. The van der Waals surface area contributed by atoms with Crippen molar-refractivity contribution in [3.63, 3.8) is 0 Å². The lowest BCUT2D eigenvalue weighted by molar-refractivity contribution is -0.177. The van der Waals surface area contributed by atoms with Gasteiger partial charge in [-0.15, -0.1) is 0 Å². The fourth-order valence-electron chi connectivity index (χ4n) is 1.43. The molecule has 0 aromatic rings. The van der Waals surface area contributed by atoms with Gasteiger partial charge in [0, 0.05) is 20.6 Å². The Labute approximate surface area is 88.9 Å². The Morgan fingerprint density at radius 3 is 2.73 bits per heavy atom. The first-order valence-corrected chi connectivity index (χ1v) is 4.71. The van der Waals surface area contributed by atoms with Crippen molar-refractivity contribution >= 4 is 5.97 Å². The number of methoxy groups -OCH3 is 2. The molecule has 0 bridgehead atoms. The summed E-state index contributed by atoms with van der Waals surface area (Å²) in [6.07, 6.45) is 0.617. The monoisotopic (exact) mass is 216 g/mol. The van der Waals surface area contributed by atoms with Crippen LogP contribution in [-0.2, 0) is 23.7 Å². The van der Waals surface area contributed by atoms with Crippen LogP contribution in [0, 0.1) is 0 Å². The summed E-state index contributed by atoms with van der Waals surface area (Å²) in [5.41, 5.74) is 0.